The van der Waals surface area contributed by atoms with Crippen molar-refractivity contribution in [2.75, 3.05) is 19.7 Å². The van der Waals surface area contributed by atoms with Gasteiger partial charge in [-0.1, -0.05) is 6.08 Å². The fourth-order valence-corrected chi connectivity index (χ4v) is 1.59. The van der Waals surface area contributed by atoms with E-state index < -0.39 is 0 Å². The molecule has 0 aliphatic carbocycles. The van der Waals surface area contributed by atoms with Crippen LogP contribution in [0.3, 0.4) is 0 Å². The van der Waals surface area contributed by atoms with Gasteiger partial charge in [0, 0.05) is 13.1 Å². The van der Waals surface area contributed by atoms with Crippen molar-refractivity contribution in [3.63, 3.8) is 0 Å². The molecule has 0 saturated carbocycles. The van der Waals surface area contributed by atoms with Crippen LogP contribution in [-0.4, -0.2) is 30.6 Å². The lowest BCUT2D eigenvalue weighted by Crippen LogP contribution is -2.25. The molecule has 0 radical (unpaired) electrons. The Hall–Kier alpha value is -0.990. The number of hydrogen-bond acceptors (Lipinski definition) is 3. The maximum atomic E-state index is 11.4. The van der Waals surface area contributed by atoms with E-state index in [1.54, 1.807) is 0 Å². The Bertz CT molecular complexity index is 205. The van der Waals surface area contributed by atoms with Gasteiger partial charge < -0.3 is 9.64 Å². The largest absolute Gasteiger partial charge is 0.461 e. The van der Waals surface area contributed by atoms with Gasteiger partial charge in [0.2, 0.25) is 0 Å². The average molecular weight is 183 g/mol. The van der Waals surface area contributed by atoms with E-state index in [0.29, 0.717) is 6.61 Å². The highest BCUT2D eigenvalue weighted by Gasteiger charge is 2.20. The van der Waals surface area contributed by atoms with E-state index in [1.165, 1.54) is 12.8 Å². The molecule has 1 heterocycles. The lowest BCUT2D eigenvalue weighted by molar-refractivity contribution is -0.140. The fraction of sp³-hybridized carbons (Fsp3) is 0.700. The molecule has 3 nitrogen and oxygen atoms in total. The molecule has 0 aromatic rings. The molecule has 0 amide bonds. The smallest absolute Gasteiger partial charge is 0.354 e. The number of rotatable bonds is 3. The van der Waals surface area contributed by atoms with Crippen LogP contribution in [0.2, 0.25) is 0 Å². The summed E-state index contributed by atoms with van der Waals surface area (Å²) in [6.07, 6.45) is 4.19. The molecule has 0 N–H and O–H groups in total. The first kappa shape index (κ1) is 10.1. The van der Waals surface area contributed by atoms with Crippen molar-refractivity contribution in [1.82, 2.24) is 4.90 Å². The molecular weight excluding hydrogens is 166 g/mol. The second-order valence-corrected chi connectivity index (χ2v) is 3.09. The molecule has 1 aliphatic rings. The summed E-state index contributed by atoms with van der Waals surface area (Å²) in [7, 11) is 0. The number of nitrogens with zero attached hydrogens (tertiary/aromatic N) is 1. The molecule has 3 heteroatoms. The van der Waals surface area contributed by atoms with Gasteiger partial charge in [0.1, 0.15) is 5.70 Å². The molecular formula is C10H17NO2. The molecule has 1 aliphatic heterocycles. The van der Waals surface area contributed by atoms with Gasteiger partial charge in [0.15, 0.2) is 0 Å². The normalized spacial score (nSPS) is 17.7. The van der Waals surface area contributed by atoms with Crippen molar-refractivity contribution < 1.29 is 9.53 Å². The maximum absolute atomic E-state index is 11.4. The van der Waals surface area contributed by atoms with E-state index >= 15 is 0 Å². The van der Waals surface area contributed by atoms with Crippen LogP contribution in [-0.2, 0) is 9.53 Å². The molecule has 0 aromatic heterocycles. The molecule has 13 heavy (non-hydrogen) atoms. The molecule has 1 rings (SSSR count). The Morgan fingerprint density at radius 1 is 1.46 bits per heavy atom. The van der Waals surface area contributed by atoms with Gasteiger partial charge in [-0.3, -0.25) is 0 Å². The van der Waals surface area contributed by atoms with Crippen molar-refractivity contribution in [3.8, 4) is 0 Å². The predicted molar refractivity (Wildman–Crippen MR) is 51.2 cm³/mol. The zero-order valence-electron chi connectivity index (χ0n) is 8.38. The van der Waals surface area contributed by atoms with Crippen LogP contribution in [0.1, 0.15) is 26.7 Å². The molecule has 0 atom stereocenters. The van der Waals surface area contributed by atoms with Crippen LogP contribution in [0.4, 0.5) is 0 Å². The molecule has 0 spiro atoms. The number of hydrogen-bond donors (Lipinski definition) is 0. The van der Waals surface area contributed by atoms with Crippen molar-refractivity contribution in [1.29, 1.82) is 0 Å². The minimum absolute atomic E-state index is 0.188. The Morgan fingerprint density at radius 2 is 2.08 bits per heavy atom. The van der Waals surface area contributed by atoms with Crippen molar-refractivity contribution in [3.05, 3.63) is 11.8 Å². The van der Waals surface area contributed by atoms with Gasteiger partial charge in [-0.05, 0) is 26.7 Å². The summed E-state index contributed by atoms with van der Waals surface area (Å²) < 4.78 is 4.96. The van der Waals surface area contributed by atoms with Gasteiger partial charge in [-0.25, -0.2) is 4.79 Å². The summed E-state index contributed by atoms with van der Waals surface area (Å²) in [5, 5.41) is 0. The van der Waals surface area contributed by atoms with Crippen LogP contribution in [0.5, 0.6) is 0 Å². The van der Waals surface area contributed by atoms with Crippen LogP contribution in [0, 0.1) is 0 Å². The summed E-state index contributed by atoms with van der Waals surface area (Å²) in [4.78, 5) is 13.5. The summed E-state index contributed by atoms with van der Waals surface area (Å²) in [6, 6.07) is 0. The van der Waals surface area contributed by atoms with Gasteiger partial charge in [-0.2, -0.15) is 0 Å². The highest BCUT2D eigenvalue weighted by Crippen LogP contribution is 2.15. The van der Waals surface area contributed by atoms with E-state index in [-0.39, 0.29) is 5.97 Å². The fourth-order valence-electron chi connectivity index (χ4n) is 1.59. The van der Waals surface area contributed by atoms with E-state index in [1.807, 2.05) is 19.9 Å². The van der Waals surface area contributed by atoms with Crippen molar-refractivity contribution >= 4 is 5.97 Å². The highest BCUT2D eigenvalue weighted by molar-refractivity contribution is 5.87. The zero-order valence-corrected chi connectivity index (χ0v) is 8.38. The number of ether oxygens (including phenoxy) is 1. The van der Waals surface area contributed by atoms with Crippen LogP contribution in [0.15, 0.2) is 11.8 Å². The van der Waals surface area contributed by atoms with Crippen LogP contribution >= 0.6 is 0 Å². The third-order valence-corrected chi connectivity index (χ3v) is 2.20. The first-order valence-corrected chi connectivity index (χ1v) is 4.88. The number of carbonyl (C=O) groups excluding carboxylic acids is 1. The number of likely N-dealkylation sites (tertiary alicyclic amines) is 1. The van der Waals surface area contributed by atoms with Gasteiger partial charge >= 0.3 is 5.97 Å². The summed E-state index contributed by atoms with van der Waals surface area (Å²) in [5.74, 6) is -0.188. The Kier molecular flexibility index (Phi) is 3.80. The maximum Gasteiger partial charge on any atom is 0.354 e. The van der Waals surface area contributed by atoms with Crippen LogP contribution in [0.25, 0.3) is 0 Å². The topological polar surface area (TPSA) is 29.5 Å². The molecule has 1 fully saturated rings. The third kappa shape index (κ3) is 2.47. The molecule has 1 saturated heterocycles. The van der Waals surface area contributed by atoms with Crippen molar-refractivity contribution in [2.45, 2.75) is 26.7 Å². The molecule has 74 valence electrons. The lowest BCUT2D eigenvalue weighted by atomic mass is 10.3. The van der Waals surface area contributed by atoms with E-state index in [2.05, 4.69) is 4.90 Å². The summed E-state index contributed by atoms with van der Waals surface area (Å²) >= 11 is 0. The van der Waals surface area contributed by atoms with Gasteiger partial charge in [-0.15, -0.1) is 0 Å². The SMILES string of the molecule is C/C=C(\C(=O)OCC)N1CCCC1. The van der Waals surface area contributed by atoms with E-state index in [4.69, 9.17) is 4.74 Å². The number of esters is 1. The first-order valence-electron chi connectivity index (χ1n) is 4.88. The first-order chi connectivity index (χ1) is 6.29. The summed E-state index contributed by atoms with van der Waals surface area (Å²) in [5.41, 5.74) is 0.722. The van der Waals surface area contributed by atoms with Gasteiger partial charge in [0.05, 0.1) is 6.61 Å². The minimum atomic E-state index is -0.188. The van der Waals surface area contributed by atoms with Gasteiger partial charge in [0.25, 0.3) is 0 Å². The Morgan fingerprint density at radius 3 is 2.54 bits per heavy atom. The second-order valence-electron chi connectivity index (χ2n) is 3.09. The highest BCUT2D eigenvalue weighted by atomic mass is 16.5. The lowest BCUT2D eigenvalue weighted by Gasteiger charge is -2.19. The molecule has 0 bridgehead atoms. The quantitative estimate of drug-likeness (QED) is 0.491. The standard InChI is InChI=1S/C10H17NO2/c1-3-9(10(12)13-4-2)11-7-5-6-8-11/h3H,4-8H2,1-2H3/b9-3+. The zero-order chi connectivity index (χ0) is 9.68. The predicted octanol–water partition coefficient (Wildman–Crippen LogP) is 1.55. The molecule has 0 aromatic carbocycles. The van der Waals surface area contributed by atoms with E-state index in [0.717, 1.165) is 18.8 Å². The minimum Gasteiger partial charge on any atom is -0.461 e. The Balaban J connectivity index is 2.56. The summed E-state index contributed by atoms with van der Waals surface area (Å²) in [6.45, 7) is 6.13. The van der Waals surface area contributed by atoms with Crippen molar-refractivity contribution in [2.24, 2.45) is 0 Å². The van der Waals surface area contributed by atoms with E-state index in [9.17, 15) is 4.79 Å². The Labute approximate surface area is 79.4 Å². The second kappa shape index (κ2) is 4.90. The molecule has 0 unspecified atom stereocenters. The number of carbonyl (C=O) groups is 1. The third-order valence-electron chi connectivity index (χ3n) is 2.20. The number of allylic oxidation sites excluding steroid dienone is 1. The monoisotopic (exact) mass is 183 g/mol. The van der Waals surface area contributed by atoms with Crippen LogP contribution < -0.4 is 0 Å². The average Bonchev–Trinajstić information content (AvgIpc) is 2.59.